The molecule has 0 atom stereocenters. The van der Waals surface area contributed by atoms with Gasteiger partial charge in [-0.2, -0.15) is 5.10 Å². The molecule has 0 unspecified atom stereocenters. The number of ether oxygens (including phenoxy) is 2. The van der Waals surface area contributed by atoms with Crippen LogP contribution in [0, 0.1) is 0 Å². The number of unbranched alkanes of at least 4 members (excludes halogenated alkanes) is 1. The minimum atomic E-state index is -0.0538. The molecule has 1 N–H and O–H groups in total. The summed E-state index contributed by atoms with van der Waals surface area (Å²) in [6.07, 6.45) is 3.65. The predicted octanol–water partition coefficient (Wildman–Crippen LogP) is 3.19. The Hall–Kier alpha value is -1.54. The van der Waals surface area contributed by atoms with Gasteiger partial charge in [0, 0.05) is 0 Å². The summed E-state index contributed by atoms with van der Waals surface area (Å²) in [5.74, 6) is 1.65. The molecule has 6 nitrogen and oxygen atoms in total. The van der Waals surface area contributed by atoms with Crippen molar-refractivity contribution in [3.05, 3.63) is 22.2 Å². The van der Waals surface area contributed by atoms with Crippen LogP contribution in [0.1, 0.15) is 25.3 Å². The second-order valence-electron chi connectivity index (χ2n) is 4.72. The van der Waals surface area contributed by atoms with E-state index >= 15 is 0 Å². The number of methoxy groups -OCH3 is 1. The smallest absolute Gasteiger partial charge is 0.236 e. The Balaban J connectivity index is 2.10. The van der Waals surface area contributed by atoms with Gasteiger partial charge in [0.15, 0.2) is 16.7 Å². The first-order chi connectivity index (χ1) is 11.1. The lowest BCUT2D eigenvalue weighted by atomic mass is 10.2. The van der Waals surface area contributed by atoms with Gasteiger partial charge in [0.1, 0.15) is 0 Å². The Bertz CT molecular complexity index is 635. The highest BCUT2D eigenvalue weighted by atomic mass is 79.9. The zero-order valence-electron chi connectivity index (χ0n) is 13.0. The average molecular weight is 400 g/mol. The van der Waals surface area contributed by atoms with Crippen LogP contribution in [0.3, 0.4) is 0 Å². The van der Waals surface area contributed by atoms with Gasteiger partial charge in [-0.3, -0.25) is 4.79 Å². The lowest BCUT2D eigenvalue weighted by Crippen LogP contribution is -2.19. The van der Waals surface area contributed by atoms with E-state index in [1.807, 2.05) is 12.1 Å². The van der Waals surface area contributed by atoms with Crippen LogP contribution in [-0.2, 0) is 4.79 Å². The third-order valence-corrected chi connectivity index (χ3v) is 4.39. The first-order valence-corrected chi connectivity index (χ1v) is 8.96. The van der Waals surface area contributed by atoms with Gasteiger partial charge in [0.25, 0.3) is 0 Å². The fourth-order valence-corrected chi connectivity index (χ4v) is 3.01. The van der Waals surface area contributed by atoms with Crippen LogP contribution in [0.25, 0.3) is 0 Å². The summed E-state index contributed by atoms with van der Waals surface area (Å²) in [5, 5.41) is 11.1. The molecule has 1 amide bonds. The summed E-state index contributed by atoms with van der Waals surface area (Å²) in [4.78, 5) is 11.1. The number of benzene rings is 1. The Morgan fingerprint density at radius 1 is 1.48 bits per heavy atom. The van der Waals surface area contributed by atoms with Crippen molar-refractivity contribution < 1.29 is 14.3 Å². The molecule has 1 aliphatic heterocycles. The van der Waals surface area contributed by atoms with Gasteiger partial charge in [0.2, 0.25) is 5.91 Å². The number of thioether (sulfide) groups is 1. The fourth-order valence-electron chi connectivity index (χ4n) is 1.80. The molecule has 23 heavy (non-hydrogen) atoms. The minimum absolute atomic E-state index is 0.0538. The maximum absolute atomic E-state index is 11.1. The molecule has 1 saturated heterocycles. The number of carbonyl (C=O) groups excluding carboxylic acids is 1. The molecule has 0 aromatic heterocycles. The topological polar surface area (TPSA) is 72.3 Å². The van der Waals surface area contributed by atoms with E-state index in [4.69, 9.17) is 9.47 Å². The molecule has 1 fully saturated rings. The highest BCUT2D eigenvalue weighted by Crippen LogP contribution is 2.36. The van der Waals surface area contributed by atoms with Crippen LogP contribution >= 0.6 is 27.7 Å². The number of amides is 1. The van der Waals surface area contributed by atoms with Crippen molar-refractivity contribution in [2.75, 3.05) is 19.5 Å². The number of nitrogens with one attached hydrogen (secondary N) is 1. The van der Waals surface area contributed by atoms with E-state index in [0.29, 0.717) is 29.0 Å². The van der Waals surface area contributed by atoms with Gasteiger partial charge >= 0.3 is 0 Å². The lowest BCUT2D eigenvalue weighted by molar-refractivity contribution is -0.116. The van der Waals surface area contributed by atoms with E-state index in [-0.39, 0.29) is 5.91 Å². The Morgan fingerprint density at radius 2 is 2.30 bits per heavy atom. The monoisotopic (exact) mass is 399 g/mol. The molecule has 1 aliphatic rings. The minimum Gasteiger partial charge on any atom is -0.493 e. The zero-order valence-corrected chi connectivity index (χ0v) is 15.4. The molecular formula is C15H18BrN3O3S. The van der Waals surface area contributed by atoms with E-state index in [2.05, 4.69) is 38.4 Å². The maximum atomic E-state index is 11.1. The molecule has 0 bridgehead atoms. The van der Waals surface area contributed by atoms with Crippen molar-refractivity contribution in [2.24, 2.45) is 10.2 Å². The molecule has 124 valence electrons. The van der Waals surface area contributed by atoms with Crippen molar-refractivity contribution in [2.45, 2.75) is 19.8 Å². The Labute approximate surface area is 147 Å². The molecule has 0 aliphatic carbocycles. The van der Waals surface area contributed by atoms with Gasteiger partial charge in [-0.15, -0.1) is 5.10 Å². The highest BCUT2D eigenvalue weighted by molar-refractivity contribution is 9.10. The molecule has 1 aromatic carbocycles. The van der Waals surface area contributed by atoms with Crippen LogP contribution in [0.2, 0.25) is 0 Å². The Kier molecular flexibility index (Phi) is 6.91. The summed E-state index contributed by atoms with van der Waals surface area (Å²) in [6.45, 7) is 2.76. The zero-order chi connectivity index (χ0) is 16.7. The number of amidine groups is 1. The van der Waals surface area contributed by atoms with Crippen molar-refractivity contribution in [1.82, 2.24) is 5.32 Å². The van der Waals surface area contributed by atoms with Gasteiger partial charge in [-0.25, -0.2) is 0 Å². The first kappa shape index (κ1) is 17.8. The SMILES string of the molecule is CCCCOc1c(Br)cc(C=NN=C2NC(=O)CS2)cc1OC. The fraction of sp³-hybridized carbons (Fsp3) is 0.400. The second kappa shape index (κ2) is 8.93. The van der Waals surface area contributed by atoms with Crippen LogP contribution in [0.5, 0.6) is 11.5 Å². The van der Waals surface area contributed by atoms with Crippen molar-refractivity contribution in [3.8, 4) is 11.5 Å². The number of nitrogens with zero attached hydrogens (tertiary/aromatic N) is 2. The summed E-state index contributed by atoms with van der Waals surface area (Å²) in [5.41, 5.74) is 0.815. The highest BCUT2D eigenvalue weighted by Gasteiger charge is 2.16. The number of hydrogen-bond acceptors (Lipinski definition) is 6. The van der Waals surface area contributed by atoms with Crippen LogP contribution in [0.15, 0.2) is 26.8 Å². The van der Waals surface area contributed by atoms with Gasteiger partial charge in [-0.1, -0.05) is 25.1 Å². The third-order valence-electron chi connectivity index (χ3n) is 2.94. The van der Waals surface area contributed by atoms with E-state index in [1.54, 1.807) is 13.3 Å². The van der Waals surface area contributed by atoms with Crippen LogP contribution in [-0.4, -0.2) is 36.8 Å². The molecular weight excluding hydrogens is 382 g/mol. The summed E-state index contributed by atoms with van der Waals surface area (Å²) in [7, 11) is 1.60. The largest absolute Gasteiger partial charge is 0.493 e. The quantitative estimate of drug-likeness (QED) is 0.434. The van der Waals surface area contributed by atoms with E-state index in [0.717, 1.165) is 22.9 Å². The van der Waals surface area contributed by atoms with Crippen LogP contribution < -0.4 is 14.8 Å². The Morgan fingerprint density at radius 3 is 2.96 bits per heavy atom. The first-order valence-electron chi connectivity index (χ1n) is 7.18. The molecule has 8 heteroatoms. The van der Waals surface area contributed by atoms with Gasteiger partial charge in [0.05, 0.1) is 30.2 Å². The van der Waals surface area contributed by atoms with Gasteiger partial charge < -0.3 is 14.8 Å². The molecule has 0 saturated carbocycles. The van der Waals surface area contributed by atoms with E-state index in [1.165, 1.54) is 11.8 Å². The van der Waals surface area contributed by atoms with E-state index < -0.39 is 0 Å². The van der Waals surface area contributed by atoms with Crippen molar-refractivity contribution in [1.29, 1.82) is 0 Å². The van der Waals surface area contributed by atoms with Crippen LogP contribution in [0.4, 0.5) is 0 Å². The normalized spacial score (nSPS) is 16.1. The summed E-state index contributed by atoms with van der Waals surface area (Å²) < 4.78 is 11.9. The number of rotatable bonds is 7. The molecule has 0 spiro atoms. The predicted molar refractivity (Wildman–Crippen MR) is 96.7 cm³/mol. The molecule has 1 aromatic rings. The number of hydrogen-bond donors (Lipinski definition) is 1. The van der Waals surface area contributed by atoms with Crippen molar-refractivity contribution >= 4 is 45.0 Å². The third kappa shape index (κ3) is 5.24. The maximum Gasteiger partial charge on any atom is 0.236 e. The molecule has 2 rings (SSSR count). The lowest BCUT2D eigenvalue weighted by Gasteiger charge is -2.13. The standard InChI is InChI=1S/C15H18BrN3O3S/c1-3-4-5-22-14-11(16)6-10(7-12(14)21-2)8-17-19-15-18-13(20)9-23-15/h6-8H,3-5,9H2,1-2H3,(H,18,19,20). The van der Waals surface area contributed by atoms with E-state index in [9.17, 15) is 4.79 Å². The number of carbonyl (C=O) groups is 1. The van der Waals surface area contributed by atoms with Crippen molar-refractivity contribution in [3.63, 3.8) is 0 Å². The van der Waals surface area contributed by atoms with Gasteiger partial charge in [-0.05, 0) is 40.0 Å². The second-order valence-corrected chi connectivity index (χ2v) is 6.54. The summed E-state index contributed by atoms with van der Waals surface area (Å²) in [6, 6.07) is 3.71. The molecule has 0 radical (unpaired) electrons. The number of halogens is 1. The summed E-state index contributed by atoms with van der Waals surface area (Å²) >= 11 is 4.83. The molecule has 1 heterocycles. The average Bonchev–Trinajstić information content (AvgIpc) is 2.94.